The molecule has 94 valence electrons. The molecule has 0 aliphatic heterocycles. The Morgan fingerprint density at radius 3 is 2.24 bits per heavy atom. The summed E-state index contributed by atoms with van der Waals surface area (Å²) in [5.74, 6) is 0. The lowest BCUT2D eigenvalue weighted by atomic mass is 10.00. The van der Waals surface area contributed by atoms with Gasteiger partial charge in [-0.2, -0.15) is 0 Å². The van der Waals surface area contributed by atoms with Gasteiger partial charge in [0.15, 0.2) is 9.84 Å². The molecule has 0 bridgehead atoms. The zero-order valence-corrected chi connectivity index (χ0v) is 11.4. The summed E-state index contributed by atoms with van der Waals surface area (Å²) in [5, 5.41) is 0. The van der Waals surface area contributed by atoms with Crippen molar-refractivity contribution in [1.82, 2.24) is 0 Å². The van der Waals surface area contributed by atoms with E-state index < -0.39 is 9.84 Å². The van der Waals surface area contributed by atoms with Crippen LogP contribution in [0.2, 0.25) is 0 Å². The molecule has 0 spiro atoms. The first-order valence-corrected chi connectivity index (χ1v) is 7.69. The maximum atomic E-state index is 11.8. The summed E-state index contributed by atoms with van der Waals surface area (Å²) in [7, 11) is -3.17. The van der Waals surface area contributed by atoms with Crippen molar-refractivity contribution in [2.24, 2.45) is 5.73 Å². The molecule has 0 heterocycles. The number of benzene rings is 1. The van der Waals surface area contributed by atoms with Gasteiger partial charge < -0.3 is 5.73 Å². The lowest BCUT2D eigenvalue weighted by Crippen LogP contribution is -2.25. The van der Waals surface area contributed by atoms with E-state index in [1.807, 2.05) is 19.9 Å². The van der Waals surface area contributed by atoms with Gasteiger partial charge in [-0.15, -0.1) is 0 Å². The topological polar surface area (TPSA) is 60.2 Å². The van der Waals surface area contributed by atoms with E-state index in [2.05, 4.69) is 0 Å². The third kappa shape index (κ3) is 2.69. The van der Waals surface area contributed by atoms with E-state index in [9.17, 15) is 8.42 Å². The number of aryl methyl sites for hydroxylation is 2. The number of hydrogen-bond acceptors (Lipinski definition) is 3. The Labute approximate surface area is 103 Å². The minimum atomic E-state index is -3.17. The molecule has 3 nitrogen and oxygen atoms in total. The third-order valence-corrected chi connectivity index (χ3v) is 4.69. The van der Waals surface area contributed by atoms with Crippen molar-refractivity contribution in [2.75, 3.05) is 6.26 Å². The summed E-state index contributed by atoms with van der Waals surface area (Å²) in [4.78, 5) is 0.442. The summed E-state index contributed by atoms with van der Waals surface area (Å²) in [5.41, 5.74) is 8.92. The molecule has 0 amide bonds. The predicted octanol–water partition coefficient (Wildman–Crippen LogP) is 1.74. The van der Waals surface area contributed by atoms with Gasteiger partial charge in [0.25, 0.3) is 0 Å². The average molecular weight is 253 g/mol. The first-order chi connectivity index (χ1) is 7.71. The summed E-state index contributed by atoms with van der Waals surface area (Å²) in [6, 6.07) is 3.74. The zero-order chi connectivity index (χ0) is 12.8. The normalized spacial score (nSPS) is 18.1. The van der Waals surface area contributed by atoms with Crippen molar-refractivity contribution >= 4 is 9.84 Å². The molecule has 1 aliphatic rings. The lowest BCUT2D eigenvalue weighted by Gasteiger charge is -2.15. The van der Waals surface area contributed by atoms with Gasteiger partial charge in [0.05, 0.1) is 4.90 Å². The Hall–Kier alpha value is -0.870. The van der Waals surface area contributed by atoms with Crippen molar-refractivity contribution in [1.29, 1.82) is 0 Å². The van der Waals surface area contributed by atoms with Gasteiger partial charge in [-0.25, -0.2) is 8.42 Å². The van der Waals surface area contributed by atoms with Crippen molar-refractivity contribution in [2.45, 2.75) is 43.5 Å². The molecule has 4 heteroatoms. The molecule has 17 heavy (non-hydrogen) atoms. The number of hydrogen-bond donors (Lipinski definition) is 1. The van der Waals surface area contributed by atoms with Crippen molar-refractivity contribution in [3.63, 3.8) is 0 Å². The highest BCUT2D eigenvalue weighted by Crippen LogP contribution is 2.37. The van der Waals surface area contributed by atoms with Gasteiger partial charge in [-0.05, 0) is 55.9 Å². The van der Waals surface area contributed by atoms with Crippen LogP contribution in [0.1, 0.15) is 29.5 Å². The SMILES string of the molecule is Cc1cc(CC2(N)CC2)c(S(C)(=O)=O)cc1C. The van der Waals surface area contributed by atoms with E-state index >= 15 is 0 Å². The second kappa shape index (κ2) is 3.82. The van der Waals surface area contributed by atoms with E-state index in [4.69, 9.17) is 5.73 Å². The molecule has 0 unspecified atom stereocenters. The van der Waals surface area contributed by atoms with E-state index in [0.717, 1.165) is 29.5 Å². The molecule has 2 N–H and O–H groups in total. The highest BCUT2D eigenvalue weighted by molar-refractivity contribution is 7.90. The molecule has 0 atom stereocenters. The smallest absolute Gasteiger partial charge is 0.175 e. The van der Waals surface area contributed by atoms with E-state index in [1.165, 1.54) is 6.26 Å². The van der Waals surface area contributed by atoms with Crippen LogP contribution in [-0.2, 0) is 16.3 Å². The van der Waals surface area contributed by atoms with E-state index in [0.29, 0.717) is 11.3 Å². The van der Waals surface area contributed by atoms with Gasteiger partial charge in [0.1, 0.15) is 0 Å². The fraction of sp³-hybridized carbons (Fsp3) is 0.538. The number of nitrogens with two attached hydrogens (primary N) is 1. The minimum Gasteiger partial charge on any atom is -0.325 e. The molecule has 1 aromatic rings. The Morgan fingerprint density at radius 1 is 1.24 bits per heavy atom. The van der Waals surface area contributed by atoms with Crippen molar-refractivity contribution in [3.05, 3.63) is 28.8 Å². The second-order valence-corrected chi connectivity index (χ2v) is 7.34. The van der Waals surface area contributed by atoms with Crippen LogP contribution in [0.4, 0.5) is 0 Å². The molecule has 0 aromatic heterocycles. The minimum absolute atomic E-state index is 0.166. The Bertz CT molecular complexity index is 557. The molecule has 2 rings (SSSR count). The first kappa shape index (κ1) is 12.6. The highest BCUT2D eigenvalue weighted by atomic mass is 32.2. The van der Waals surface area contributed by atoms with Gasteiger partial charge in [-0.3, -0.25) is 0 Å². The van der Waals surface area contributed by atoms with Gasteiger partial charge >= 0.3 is 0 Å². The van der Waals surface area contributed by atoms with Gasteiger partial charge in [0.2, 0.25) is 0 Å². The van der Waals surface area contributed by atoms with Crippen LogP contribution in [0.5, 0.6) is 0 Å². The van der Waals surface area contributed by atoms with Crippen LogP contribution in [0.15, 0.2) is 17.0 Å². The number of sulfone groups is 1. The quantitative estimate of drug-likeness (QED) is 0.892. The largest absolute Gasteiger partial charge is 0.325 e. The molecule has 1 aliphatic carbocycles. The molecule has 1 saturated carbocycles. The number of rotatable bonds is 3. The van der Waals surface area contributed by atoms with Crippen LogP contribution in [0.3, 0.4) is 0 Å². The van der Waals surface area contributed by atoms with Crippen LogP contribution in [0, 0.1) is 13.8 Å². The Morgan fingerprint density at radius 2 is 1.76 bits per heavy atom. The standard InChI is InChI=1S/C13H19NO2S/c1-9-6-11(8-13(14)4-5-13)12(7-10(9)2)17(3,15)16/h6-7H,4-5,8,14H2,1-3H3. The summed E-state index contributed by atoms with van der Waals surface area (Å²) in [6.45, 7) is 3.93. The van der Waals surface area contributed by atoms with Gasteiger partial charge in [0, 0.05) is 11.8 Å². The van der Waals surface area contributed by atoms with E-state index in [1.54, 1.807) is 6.07 Å². The summed E-state index contributed by atoms with van der Waals surface area (Å²) in [6.07, 6.45) is 3.90. The first-order valence-electron chi connectivity index (χ1n) is 5.80. The average Bonchev–Trinajstić information content (AvgIpc) is 2.88. The van der Waals surface area contributed by atoms with Crippen LogP contribution >= 0.6 is 0 Å². The van der Waals surface area contributed by atoms with Crippen molar-refractivity contribution in [3.8, 4) is 0 Å². The van der Waals surface area contributed by atoms with Crippen LogP contribution < -0.4 is 5.73 Å². The van der Waals surface area contributed by atoms with Crippen molar-refractivity contribution < 1.29 is 8.42 Å². The monoisotopic (exact) mass is 253 g/mol. The fourth-order valence-electron chi connectivity index (χ4n) is 2.05. The van der Waals surface area contributed by atoms with E-state index in [-0.39, 0.29) is 5.54 Å². The molecular formula is C13H19NO2S. The Balaban J connectivity index is 2.51. The zero-order valence-electron chi connectivity index (χ0n) is 10.6. The Kier molecular flexibility index (Phi) is 2.83. The summed E-state index contributed by atoms with van der Waals surface area (Å²) < 4.78 is 23.6. The molecule has 1 fully saturated rings. The molecular weight excluding hydrogens is 234 g/mol. The highest BCUT2D eigenvalue weighted by Gasteiger charge is 2.39. The fourth-order valence-corrected chi connectivity index (χ4v) is 3.05. The van der Waals surface area contributed by atoms with Crippen LogP contribution in [0.25, 0.3) is 0 Å². The summed E-state index contributed by atoms with van der Waals surface area (Å²) >= 11 is 0. The van der Waals surface area contributed by atoms with Gasteiger partial charge in [-0.1, -0.05) is 6.07 Å². The molecule has 0 saturated heterocycles. The molecule has 1 aromatic carbocycles. The lowest BCUT2D eigenvalue weighted by molar-refractivity contribution is 0.597. The third-order valence-electron chi connectivity index (χ3n) is 3.51. The second-order valence-electron chi connectivity index (χ2n) is 5.36. The maximum absolute atomic E-state index is 11.8. The molecule has 0 radical (unpaired) electrons. The maximum Gasteiger partial charge on any atom is 0.175 e. The van der Waals surface area contributed by atoms with Crippen LogP contribution in [-0.4, -0.2) is 20.2 Å². The predicted molar refractivity (Wildman–Crippen MR) is 68.9 cm³/mol.